The van der Waals surface area contributed by atoms with Gasteiger partial charge in [0.2, 0.25) is 5.75 Å². The number of benzene rings is 1. The number of carbonyl (C=O) groups excluding carboxylic acids is 1. The summed E-state index contributed by atoms with van der Waals surface area (Å²) in [6.45, 7) is 2.55. The largest absolute Gasteiger partial charge is 0.493 e. The molecular weight excluding hydrogens is 362 g/mol. The number of methoxy groups -OCH3 is 3. The highest BCUT2D eigenvalue weighted by Crippen LogP contribution is 2.41. The number of pyridine rings is 1. The molecule has 1 aliphatic heterocycles. The van der Waals surface area contributed by atoms with E-state index < -0.39 is 0 Å². The number of nitrogens with one attached hydrogen (secondary N) is 1. The summed E-state index contributed by atoms with van der Waals surface area (Å²) in [5.74, 6) is 2.06. The van der Waals surface area contributed by atoms with Gasteiger partial charge in [-0.05, 0) is 24.3 Å². The molecule has 0 aliphatic carbocycles. The zero-order valence-corrected chi connectivity index (χ0v) is 16.6. The van der Waals surface area contributed by atoms with Crippen molar-refractivity contribution in [1.82, 2.24) is 10.3 Å². The highest BCUT2D eigenvalue weighted by Gasteiger charge is 2.22. The van der Waals surface area contributed by atoms with Crippen molar-refractivity contribution in [3.8, 4) is 28.5 Å². The maximum Gasteiger partial charge on any atom is 0.254 e. The maximum absolute atomic E-state index is 12.3. The molecule has 1 aromatic heterocycles. The Morgan fingerprint density at radius 3 is 2.25 bits per heavy atom. The van der Waals surface area contributed by atoms with Gasteiger partial charge in [0.05, 0.1) is 45.8 Å². The Morgan fingerprint density at radius 2 is 1.71 bits per heavy atom. The van der Waals surface area contributed by atoms with Crippen molar-refractivity contribution in [2.45, 2.75) is 0 Å². The van der Waals surface area contributed by atoms with E-state index in [2.05, 4.69) is 10.2 Å². The number of ether oxygens (including phenoxy) is 4. The van der Waals surface area contributed by atoms with Crippen LogP contribution in [0.15, 0.2) is 24.3 Å². The summed E-state index contributed by atoms with van der Waals surface area (Å²) in [5.41, 5.74) is 2.03. The van der Waals surface area contributed by atoms with E-state index in [1.807, 2.05) is 18.2 Å². The second kappa shape index (κ2) is 8.79. The normalized spacial score (nSPS) is 13.8. The fourth-order valence-corrected chi connectivity index (χ4v) is 3.17. The first-order chi connectivity index (χ1) is 13.6. The van der Waals surface area contributed by atoms with E-state index in [1.54, 1.807) is 34.4 Å². The number of anilines is 1. The molecule has 1 saturated heterocycles. The van der Waals surface area contributed by atoms with Gasteiger partial charge >= 0.3 is 0 Å². The minimum Gasteiger partial charge on any atom is -0.493 e. The predicted octanol–water partition coefficient (Wildman–Crippen LogP) is 1.97. The summed E-state index contributed by atoms with van der Waals surface area (Å²) in [5, 5.41) is 2.68. The van der Waals surface area contributed by atoms with Crippen LogP contribution in [-0.2, 0) is 4.74 Å². The molecule has 1 fully saturated rings. The number of aromatic nitrogens is 1. The Hall–Kier alpha value is -3.00. The average molecular weight is 387 g/mol. The quantitative estimate of drug-likeness (QED) is 0.811. The lowest BCUT2D eigenvalue weighted by molar-refractivity contribution is 0.0961. The molecule has 2 aromatic rings. The van der Waals surface area contributed by atoms with E-state index in [0.29, 0.717) is 60.6 Å². The first-order valence-electron chi connectivity index (χ1n) is 8.99. The summed E-state index contributed by atoms with van der Waals surface area (Å²) in [6, 6.07) is 7.28. The number of morpholine rings is 1. The highest BCUT2D eigenvalue weighted by molar-refractivity contribution is 5.99. The van der Waals surface area contributed by atoms with Crippen LogP contribution in [0.4, 0.5) is 5.82 Å². The van der Waals surface area contributed by atoms with Gasteiger partial charge in [-0.3, -0.25) is 4.79 Å². The molecule has 1 aromatic carbocycles. The van der Waals surface area contributed by atoms with Gasteiger partial charge in [0.1, 0.15) is 5.82 Å². The Morgan fingerprint density at radius 1 is 1.07 bits per heavy atom. The molecule has 0 radical (unpaired) electrons. The Bertz CT molecular complexity index is 825. The van der Waals surface area contributed by atoms with Gasteiger partial charge in [0, 0.05) is 25.7 Å². The van der Waals surface area contributed by atoms with E-state index in [9.17, 15) is 4.79 Å². The molecule has 1 amide bonds. The number of rotatable bonds is 6. The van der Waals surface area contributed by atoms with Crippen molar-refractivity contribution >= 4 is 11.7 Å². The van der Waals surface area contributed by atoms with Gasteiger partial charge in [-0.2, -0.15) is 0 Å². The van der Waals surface area contributed by atoms with Gasteiger partial charge in [0.25, 0.3) is 5.91 Å². The van der Waals surface area contributed by atoms with Crippen molar-refractivity contribution in [2.24, 2.45) is 0 Å². The van der Waals surface area contributed by atoms with Crippen LogP contribution in [0.1, 0.15) is 10.4 Å². The van der Waals surface area contributed by atoms with Crippen molar-refractivity contribution in [3.63, 3.8) is 0 Å². The van der Waals surface area contributed by atoms with Crippen LogP contribution in [0.5, 0.6) is 17.2 Å². The lowest BCUT2D eigenvalue weighted by atomic mass is 10.1. The summed E-state index contributed by atoms with van der Waals surface area (Å²) < 4.78 is 21.7. The van der Waals surface area contributed by atoms with Crippen LogP contribution >= 0.6 is 0 Å². The van der Waals surface area contributed by atoms with E-state index in [1.165, 1.54) is 0 Å². The zero-order valence-electron chi connectivity index (χ0n) is 16.6. The third-order valence-corrected chi connectivity index (χ3v) is 4.62. The molecule has 8 heteroatoms. The Balaban J connectivity index is 2.11. The van der Waals surface area contributed by atoms with Crippen LogP contribution in [0.3, 0.4) is 0 Å². The molecule has 8 nitrogen and oxygen atoms in total. The Kier molecular flexibility index (Phi) is 6.20. The van der Waals surface area contributed by atoms with E-state index in [4.69, 9.17) is 23.9 Å². The summed E-state index contributed by atoms with van der Waals surface area (Å²) in [6.07, 6.45) is 0. The number of carbonyl (C=O) groups is 1. The monoisotopic (exact) mass is 387 g/mol. The minimum atomic E-state index is -0.176. The molecule has 28 heavy (non-hydrogen) atoms. The fraction of sp³-hybridized carbons (Fsp3) is 0.400. The summed E-state index contributed by atoms with van der Waals surface area (Å²) in [4.78, 5) is 19.2. The molecule has 1 N–H and O–H groups in total. The molecule has 0 bridgehead atoms. The molecule has 2 heterocycles. The molecule has 0 saturated carbocycles. The standard InChI is InChI=1S/C20H25N3O5/c1-21-20(24)14-5-6-15(22-19(14)23-7-9-28-10-8-23)13-11-16(25-2)18(27-4)17(12-13)26-3/h5-6,11-12H,7-10H2,1-4H3,(H,21,24). The first kappa shape index (κ1) is 19.8. The van der Waals surface area contributed by atoms with E-state index >= 15 is 0 Å². The molecule has 1 aliphatic rings. The molecule has 3 rings (SSSR count). The molecule has 150 valence electrons. The third-order valence-electron chi connectivity index (χ3n) is 4.62. The van der Waals surface area contributed by atoms with Gasteiger partial charge in [-0.25, -0.2) is 4.98 Å². The van der Waals surface area contributed by atoms with Gasteiger partial charge in [0.15, 0.2) is 11.5 Å². The van der Waals surface area contributed by atoms with Crippen molar-refractivity contribution in [3.05, 3.63) is 29.8 Å². The smallest absolute Gasteiger partial charge is 0.254 e. The lowest BCUT2D eigenvalue weighted by Gasteiger charge is -2.29. The second-order valence-electron chi connectivity index (χ2n) is 6.16. The maximum atomic E-state index is 12.3. The number of nitrogens with zero attached hydrogens (tertiary/aromatic N) is 2. The molecule has 0 unspecified atom stereocenters. The van der Waals surface area contributed by atoms with Gasteiger partial charge < -0.3 is 29.2 Å². The van der Waals surface area contributed by atoms with Crippen LogP contribution in [0.25, 0.3) is 11.3 Å². The van der Waals surface area contributed by atoms with Gasteiger partial charge in [-0.1, -0.05) is 0 Å². The van der Waals surface area contributed by atoms with E-state index in [0.717, 1.165) is 5.56 Å². The van der Waals surface area contributed by atoms with Gasteiger partial charge in [-0.15, -0.1) is 0 Å². The van der Waals surface area contributed by atoms with Crippen molar-refractivity contribution in [2.75, 3.05) is 59.6 Å². The van der Waals surface area contributed by atoms with Crippen LogP contribution in [-0.4, -0.2) is 65.6 Å². The van der Waals surface area contributed by atoms with Crippen LogP contribution in [0.2, 0.25) is 0 Å². The van der Waals surface area contributed by atoms with Crippen molar-refractivity contribution in [1.29, 1.82) is 0 Å². The second-order valence-corrected chi connectivity index (χ2v) is 6.16. The van der Waals surface area contributed by atoms with Crippen molar-refractivity contribution < 1.29 is 23.7 Å². The first-order valence-corrected chi connectivity index (χ1v) is 8.99. The predicted molar refractivity (Wildman–Crippen MR) is 106 cm³/mol. The zero-order chi connectivity index (χ0) is 20.1. The number of amides is 1. The molecule has 0 atom stereocenters. The SMILES string of the molecule is CNC(=O)c1ccc(-c2cc(OC)c(OC)c(OC)c2)nc1N1CCOCC1. The topological polar surface area (TPSA) is 82.2 Å². The molecular formula is C20H25N3O5. The highest BCUT2D eigenvalue weighted by atomic mass is 16.5. The Labute approximate surface area is 164 Å². The number of hydrogen-bond acceptors (Lipinski definition) is 7. The summed E-state index contributed by atoms with van der Waals surface area (Å²) in [7, 11) is 6.32. The number of hydrogen-bond donors (Lipinski definition) is 1. The van der Waals surface area contributed by atoms with Crippen LogP contribution in [0, 0.1) is 0 Å². The van der Waals surface area contributed by atoms with E-state index in [-0.39, 0.29) is 5.91 Å². The lowest BCUT2D eigenvalue weighted by Crippen LogP contribution is -2.38. The average Bonchev–Trinajstić information content (AvgIpc) is 2.77. The summed E-state index contributed by atoms with van der Waals surface area (Å²) >= 11 is 0. The fourth-order valence-electron chi connectivity index (χ4n) is 3.17. The molecule has 0 spiro atoms. The van der Waals surface area contributed by atoms with Crippen LogP contribution < -0.4 is 24.4 Å². The minimum absolute atomic E-state index is 0.176. The third kappa shape index (κ3) is 3.82.